The van der Waals surface area contributed by atoms with E-state index < -0.39 is 5.60 Å². The van der Waals surface area contributed by atoms with Gasteiger partial charge >= 0.3 is 0 Å². The third-order valence-corrected chi connectivity index (χ3v) is 4.30. The smallest absolute Gasteiger partial charge is 0.223 e. The van der Waals surface area contributed by atoms with E-state index in [1.54, 1.807) is 11.8 Å². The van der Waals surface area contributed by atoms with Crippen LogP contribution >= 0.6 is 0 Å². The fourth-order valence-corrected chi connectivity index (χ4v) is 3.23. The first-order chi connectivity index (χ1) is 9.46. The lowest BCUT2D eigenvalue weighted by Crippen LogP contribution is -2.46. The number of benzene rings is 1. The predicted octanol–water partition coefficient (Wildman–Crippen LogP) is 0.913. The van der Waals surface area contributed by atoms with E-state index in [9.17, 15) is 9.90 Å². The highest BCUT2D eigenvalue weighted by molar-refractivity contribution is 5.95. The van der Waals surface area contributed by atoms with Crippen LogP contribution in [0.2, 0.25) is 0 Å². The molecule has 3 N–H and O–H groups in total. The van der Waals surface area contributed by atoms with Gasteiger partial charge in [0.2, 0.25) is 5.91 Å². The lowest BCUT2D eigenvalue weighted by molar-refractivity contribution is -0.117. The molecule has 20 heavy (non-hydrogen) atoms. The first-order valence-corrected chi connectivity index (χ1v) is 7.00. The molecule has 2 heterocycles. The van der Waals surface area contributed by atoms with Crippen LogP contribution in [0.3, 0.4) is 0 Å². The van der Waals surface area contributed by atoms with E-state index in [0.717, 1.165) is 29.0 Å². The number of anilines is 1. The van der Waals surface area contributed by atoms with E-state index in [2.05, 4.69) is 0 Å². The summed E-state index contributed by atoms with van der Waals surface area (Å²) in [6.07, 6.45) is 1.31. The molecule has 2 aliphatic heterocycles. The van der Waals surface area contributed by atoms with Crippen molar-refractivity contribution in [2.45, 2.75) is 38.4 Å². The second-order valence-corrected chi connectivity index (χ2v) is 5.73. The van der Waals surface area contributed by atoms with Crippen molar-refractivity contribution in [2.24, 2.45) is 5.73 Å². The number of rotatable bonds is 1. The summed E-state index contributed by atoms with van der Waals surface area (Å²) in [4.78, 5) is 13.7. The number of hydrogen-bond donors (Lipinski definition) is 2. The minimum atomic E-state index is -1.05. The van der Waals surface area contributed by atoms with Crippen molar-refractivity contribution in [3.8, 4) is 5.75 Å². The minimum absolute atomic E-state index is 0.0155. The highest BCUT2D eigenvalue weighted by Crippen LogP contribution is 2.46. The standard InChI is InChI=1S/C15H20N2O3/c1-9-7-11-13(20-9)4-3-12-14(11)17(10(2)18)6-5-15(12,19)8-16/h3-4,9,19H,5-8,16H2,1-2H3. The number of fused-ring (bicyclic) bond motifs is 3. The molecular weight excluding hydrogens is 256 g/mol. The van der Waals surface area contributed by atoms with Gasteiger partial charge in [-0.05, 0) is 19.4 Å². The van der Waals surface area contributed by atoms with E-state index >= 15 is 0 Å². The van der Waals surface area contributed by atoms with Crippen molar-refractivity contribution in [3.63, 3.8) is 0 Å². The van der Waals surface area contributed by atoms with Crippen LogP contribution in [0.25, 0.3) is 0 Å². The fraction of sp³-hybridized carbons (Fsp3) is 0.533. The minimum Gasteiger partial charge on any atom is -0.490 e. The Morgan fingerprint density at radius 1 is 1.60 bits per heavy atom. The highest BCUT2D eigenvalue weighted by atomic mass is 16.5. The zero-order valence-corrected chi connectivity index (χ0v) is 11.8. The molecule has 0 bridgehead atoms. The quantitative estimate of drug-likeness (QED) is 0.799. The summed E-state index contributed by atoms with van der Waals surface area (Å²) in [5.41, 5.74) is 7.27. The number of nitrogens with two attached hydrogens (primary N) is 1. The van der Waals surface area contributed by atoms with E-state index in [4.69, 9.17) is 10.5 Å². The van der Waals surface area contributed by atoms with Crippen LogP contribution in [0.1, 0.15) is 31.4 Å². The molecule has 3 rings (SSSR count). The zero-order chi connectivity index (χ0) is 14.5. The van der Waals surface area contributed by atoms with Gasteiger partial charge in [-0.2, -0.15) is 0 Å². The second-order valence-electron chi connectivity index (χ2n) is 5.73. The third-order valence-electron chi connectivity index (χ3n) is 4.30. The highest BCUT2D eigenvalue weighted by Gasteiger charge is 2.40. The van der Waals surface area contributed by atoms with Crippen LogP contribution in [0, 0.1) is 0 Å². The largest absolute Gasteiger partial charge is 0.490 e. The zero-order valence-electron chi connectivity index (χ0n) is 11.8. The van der Waals surface area contributed by atoms with Gasteiger partial charge in [-0.15, -0.1) is 0 Å². The molecule has 2 atom stereocenters. The van der Waals surface area contributed by atoms with Crippen molar-refractivity contribution in [3.05, 3.63) is 23.3 Å². The maximum absolute atomic E-state index is 11.9. The SMILES string of the molecule is CC(=O)N1CCC(O)(CN)c2ccc3c(c21)CC(C)O3. The summed E-state index contributed by atoms with van der Waals surface area (Å²) in [5.74, 6) is 0.794. The van der Waals surface area contributed by atoms with Crippen LogP contribution in [-0.4, -0.2) is 30.2 Å². The Morgan fingerprint density at radius 2 is 2.35 bits per heavy atom. The average Bonchev–Trinajstić information content (AvgIpc) is 2.79. The molecule has 0 saturated carbocycles. The second kappa shape index (κ2) is 4.46. The maximum atomic E-state index is 11.9. The molecule has 1 amide bonds. The van der Waals surface area contributed by atoms with Crippen molar-refractivity contribution in [1.82, 2.24) is 0 Å². The van der Waals surface area contributed by atoms with Gasteiger partial charge in [-0.25, -0.2) is 0 Å². The lowest BCUT2D eigenvalue weighted by Gasteiger charge is -2.40. The topological polar surface area (TPSA) is 75.8 Å². The third kappa shape index (κ3) is 1.81. The molecule has 0 saturated heterocycles. The molecule has 0 aromatic heterocycles. The van der Waals surface area contributed by atoms with Gasteiger partial charge in [0.15, 0.2) is 0 Å². The fourth-order valence-electron chi connectivity index (χ4n) is 3.23. The number of amides is 1. The van der Waals surface area contributed by atoms with Gasteiger partial charge in [0.1, 0.15) is 17.5 Å². The van der Waals surface area contributed by atoms with E-state index in [1.165, 1.54) is 0 Å². The Bertz CT molecular complexity index is 572. The molecule has 5 nitrogen and oxygen atoms in total. The molecule has 0 fully saturated rings. The molecule has 0 radical (unpaired) electrons. The molecule has 5 heteroatoms. The van der Waals surface area contributed by atoms with Crippen LogP contribution in [0.15, 0.2) is 12.1 Å². The first kappa shape index (κ1) is 13.4. The Balaban J connectivity index is 2.21. The Labute approximate surface area is 118 Å². The predicted molar refractivity (Wildman–Crippen MR) is 75.8 cm³/mol. The molecule has 2 aliphatic rings. The Hall–Kier alpha value is -1.59. The molecule has 2 unspecified atom stereocenters. The number of nitrogens with zero attached hydrogens (tertiary/aromatic N) is 1. The summed E-state index contributed by atoms with van der Waals surface area (Å²) in [6, 6.07) is 3.72. The summed E-state index contributed by atoms with van der Waals surface area (Å²) < 4.78 is 5.75. The maximum Gasteiger partial charge on any atom is 0.223 e. The van der Waals surface area contributed by atoms with Gasteiger partial charge in [-0.1, -0.05) is 6.07 Å². The van der Waals surface area contributed by atoms with Crippen LogP contribution in [0.4, 0.5) is 5.69 Å². The Morgan fingerprint density at radius 3 is 3.00 bits per heavy atom. The number of aliphatic hydroxyl groups is 1. The molecule has 108 valence electrons. The molecule has 0 aliphatic carbocycles. The average molecular weight is 276 g/mol. The molecular formula is C15H20N2O3. The van der Waals surface area contributed by atoms with Crippen molar-refractivity contribution >= 4 is 11.6 Å². The number of carbonyl (C=O) groups is 1. The number of hydrogen-bond acceptors (Lipinski definition) is 4. The van der Waals surface area contributed by atoms with Crippen molar-refractivity contribution < 1.29 is 14.6 Å². The summed E-state index contributed by atoms with van der Waals surface area (Å²) in [5, 5.41) is 10.7. The Kier molecular flexibility index (Phi) is 2.99. The normalized spacial score (nSPS) is 27.8. The van der Waals surface area contributed by atoms with Crippen molar-refractivity contribution in [1.29, 1.82) is 0 Å². The van der Waals surface area contributed by atoms with Crippen LogP contribution in [0.5, 0.6) is 5.75 Å². The van der Waals surface area contributed by atoms with Gasteiger partial charge in [0.25, 0.3) is 0 Å². The number of carbonyl (C=O) groups excluding carboxylic acids is 1. The van der Waals surface area contributed by atoms with Crippen molar-refractivity contribution in [2.75, 3.05) is 18.0 Å². The summed E-state index contributed by atoms with van der Waals surface area (Å²) in [7, 11) is 0. The van der Waals surface area contributed by atoms with E-state index in [-0.39, 0.29) is 18.6 Å². The van der Waals surface area contributed by atoms with Gasteiger partial charge in [0, 0.05) is 37.6 Å². The molecule has 1 aromatic carbocycles. The van der Waals surface area contributed by atoms with Crippen LogP contribution < -0.4 is 15.4 Å². The molecule has 1 aromatic rings. The van der Waals surface area contributed by atoms with Gasteiger partial charge in [0.05, 0.1) is 5.69 Å². The summed E-state index contributed by atoms with van der Waals surface area (Å²) in [6.45, 7) is 4.19. The summed E-state index contributed by atoms with van der Waals surface area (Å²) >= 11 is 0. The first-order valence-electron chi connectivity index (χ1n) is 7.00. The van der Waals surface area contributed by atoms with Gasteiger partial charge < -0.3 is 20.5 Å². The molecule has 0 spiro atoms. The van der Waals surface area contributed by atoms with Gasteiger partial charge in [-0.3, -0.25) is 4.79 Å². The van der Waals surface area contributed by atoms with E-state index in [0.29, 0.717) is 13.0 Å². The van der Waals surface area contributed by atoms with E-state index in [1.807, 2.05) is 19.1 Å². The van der Waals surface area contributed by atoms with Crippen LogP contribution in [-0.2, 0) is 16.8 Å². The number of ether oxygens (including phenoxy) is 1. The lowest BCUT2D eigenvalue weighted by atomic mass is 9.83. The monoisotopic (exact) mass is 276 g/mol.